The van der Waals surface area contributed by atoms with Crippen LogP contribution < -0.4 is 0 Å². The highest BCUT2D eigenvalue weighted by atomic mass is 14.8. The molecule has 2 heteroatoms. The first-order valence-electron chi connectivity index (χ1n) is 4.76. The fourth-order valence-electron chi connectivity index (χ4n) is 1.08. The summed E-state index contributed by atoms with van der Waals surface area (Å²) in [6.07, 6.45) is 6.90. The van der Waals surface area contributed by atoms with Gasteiger partial charge in [0, 0.05) is 18.0 Å². The van der Waals surface area contributed by atoms with Gasteiger partial charge < -0.3 is 0 Å². The lowest BCUT2D eigenvalue weighted by Gasteiger charge is -1.97. The Labute approximate surface area is 90.3 Å². The third-order valence-electron chi connectivity index (χ3n) is 1.67. The monoisotopic (exact) mass is 198 g/mol. The van der Waals surface area contributed by atoms with Crippen LogP contribution >= 0.6 is 0 Å². The van der Waals surface area contributed by atoms with E-state index in [9.17, 15) is 0 Å². The number of allylic oxidation sites excluding steroid dienone is 1. The number of hydrogen-bond acceptors (Lipinski definition) is 2. The molecule has 0 unspecified atom stereocenters. The Balaban J connectivity index is 0.000000337. The van der Waals surface area contributed by atoms with Crippen LogP contribution in [0.25, 0.3) is 11.1 Å². The Hall–Kier alpha value is -1.96. The molecular formula is C13H14N2. The van der Waals surface area contributed by atoms with Crippen molar-refractivity contribution in [1.29, 1.82) is 0 Å². The Kier molecular flexibility index (Phi) is 4.81. The van der Waals surface area contributed by atoms with Crippen molar-refractivity contribution < 1.29 is 0 Å². The van der Waals surface area contributed by atoms with Crippen LogP contribution in [0.4, 0.5) is 0 Å². The summed E-state index contributed by atoms with van der Waals surface area (Å²) >= 11 is 0. The second-order valence-corrected chi connectivity index (χ2v) is 2.90. The van der Waals surface area contributed by atoms with Crippen LogP contribution in [0.15, 0.2) is 61.7 Å². The minimum Gasteiger partial charge on any atom is -0.244 e. The molecule has 1 aromatic heterocycles. The van der Waals surface area contributed by atoms with Crippen molar-refractivity contribution in [2.75, 3.05) is 0 Å². The van der Waals surface area contributed by atoms with Crippen molar-refractivity contribution in [2.45, 2.75) is 6.92 Å². The van der Waals surface area contributed by atoms with E-state index in [1.54, 1.807) is 6.08 Å². The molecule has 0 aliphatic heterocycles. The first kappa shape index (κ1) is 11.1. The predicted octanol–water partition coefficient (Wildman–Crippen LogP) is 3.34. The maximum absolute atomic E-state index is 3.95. The first-order chi connectivity index (χ1) is 7.38. The number of hydrogen-bond donors (Lipinski definition) is 0. The van der Waals surface area contributed by atoms with Gasteiger partial charge in [-0.1, -0.05) is 36.4 Å². The molecule has 2 aromatic rings. The van der Waals surface area contributed by atoms with Crippen LogP contribution in [0.1, 0.15) is 6.92 Å². The molecule has 2 nitrogen and oxygen atoms in total. The molecular weight excluding hydrogens is 184 g/mol. The Morgan fingerprint density at radius 3 is 2.07 bits per heavy atom. The maximum atomic E-state index is 3.95. The number of aromatic nitrogens is 2. The van der Waals surface area contributed by atoms with Gasteiger partial charge in [-0.2, -0.15) is 0 Å². The molecule has 0 aliphatic rings. The number of nitrogens with zero attached hydrogens (tertiary/aromatic N) is 2. The highest BCUT2D eigenvalue weighted by Crippen LogP contribution is 2.15. The van der Waals surface area contributed by atoms with E-state index in [1.165, 1.54) is 6.33 Å². The summed E-state index contributed by atoms with van der Waals surface area (Å²) in [5.74, 6) is 0. The standard InChI is InChI=1S/C10H8N2.C3H6/c1-2-4-9(5-3-1)10-6-11-8-12-7-10;1-3-2/h1-8H;3H,1H2,2H3. The quantitative estimate of drug-likeness (QED) is 0.657. The molecule has 76 valence electrons. The molecule has 0 spiro atoms. The highest BCUT2D eigenvalue weighted by molar-refractivity contribution is 5.60. The van der Waals surface area contributed by atoms with E-state index in [2.05, 4.69) is 16.5 Å². The number of rotatable bonds is 1. The third-order valence-corrected chi connectivity index (χ3v) is 1.67. The summed E-state index contributed by atoms with van der Waals surface area (Å²) in [5, 5.41) is 0. The first-order valence-corrected chi connectivity index (χ1v) is 4.76. The molecule has 0 fully saturated rings. The maximum Gasteiger partial charge on any atom is 0.115 e. The van der Waals surface area contributed by atoms with Crippen LogP contribution in [0.2, 0.25) is 0 Å². The smallest absolute Gasteiger partial charge is 0.115 e. The van der Waals surface area contributed by atoms with Crippen LogP contribution in [-0.2, 0) is 0 Å². The summed E-state index contributed by atoms with van der Waals surface area (Å²) in [6.45, 7) is 5.25. The zero-order valence-corrected chi connectivity index (χ0v) is 8.80. The average molecular weight is 198 g/mol. The van der Waals surface area contributed by atoms with Crippen LogP contribution in [0, 0.1) is 0 Å². The van der Waals surface area contributed by atoms with E-state index < -0.39 is 0 Å². The Morgan fingerprint density at radius 1 is 1.00 bits per heavy atom. The van der Waals surface area contributed by atoms with E-state index in [4.69, 9.17) is 0 Å². The van der Waals surface area contributed by atoms with Gasteiger partial charge in [0.1, 0.15) is 6.33 Å². The molecule has 0 bridgehead atoms. The lowest BCUT2D eigenvalue weighted by atomic mass is 10.1. The van der Waals surface area contributed by atoms with E-state index in [1.807, 2.05) is 49.6 Å². The largest absolute Gasteiger partial charge is 0.244 e. The summed E-state index contributed by atoms with van der Waals surface area (Å²) in [5.41, 5.74) is 2.20. The van der Waals surface area contributed by atoms with Gasteiger partial charge in [0.25, 0.3) is 0 Å². The SMILES string of the molecule is C=CC.c1ccc(-c2cncnc2)cc1. The van der Waals surface area contributed by atoms with Gasteiger partial charge in [0.05, 0.1) is 0 Å². The molecule has 0 atom stereocenters. The van der Waals surface area contributed by atoms with Crippen LogP contribution in [0.5, 0.6) is 0 Å². The van der Waals surface area contributed by atoms with Gasteiger partial charge in [-0.25, -0.2) is 9.97 Å². The zero-order chi connectivity index (χ0) is 10.9. The Morgan fingerprint density at radius 2 is 1.53 bits per heavy atom. The van der Waals surface area contributed by atoms with Crippen molar-refractivity contribution >= 4 is 0 Å². The van der Waals surface area contributed by atoms with Gasteiger partial charge >= 0.3 is 0 Å². The molecule has 0 amide bonds. The van der Waals surface area contributed by atoms with Gasteiger partial charge in [-0.05, 0) is 12.5 Å². The minimum atomic E-state index is 1.05. The summed E-state index contributed by atoms with van der Waals surface area (Å²) in [7, 11) is 0. The van der Waals surface area contributed by atoms with E-state index in [0.717, 1.165) is 11.1 Å². The van der Waals surface area contributed by atoms with Crippen LogP contribution in [0.3, 0.4) is 0 Å². The van der Waals surface area contributed by atoms with Gasteiger partial charge in [-0.3, -0.25) is 0 Å². The van der Waals surface area contributed by atoms with Crippen molar-refractivity contribution in [1.82, 2.24) is 9.97 Å². The lowest BCUT2D eigenvalue weighted by molar-refractivity contribution is 1.17. The number of benzene rings is 1. The molecule has 0 saturated carbocycles. The van der Waals surface area contributed by atoms with E-state index in [0.29, 0.717) is 0 Å². The normalized spacial score (nSPS) is 8.60. The molecule has 0 aliphatic carbocycles. The van der Waals surface area contributed by atoms with Crippen LogP contribution in [-0.4, -0.2) is 9.97 Å². The van der Waals surface area contributed by atoms with Crippen molar-refractivity contribution in [3.8, 4) is 11.1 Å². The lowest BCUT2D eigenvalue weighted by Crippen LogP contribution is -1.80. The van der Waals surface area contributed by atoms with E-state index in [-0.39, 0.29) is 0 Å². The predicted molar refractivity (Wildman–Crippen MR) is 63.3 cm³/mol. The highest BCUT2D eigenvalue weighted by Gasteiger charge is 1.93. The minimum absolute atomic E-state index is 1.05. The fraction of sp³-hybridized carbons (Fsp3) is 0.0769. The Bertz CT molecular complexity index is 344. The molecule has 1 aromatic carbocycles. The fourth-order valence-corrected chi connectivity index (χ4v) is 1.08. The molecule has 0 saturated heterocycles. The molecule has 0 radical (unpaired) electrons. The second kappa shape index (κ2) is 6.49. The topological polar surface area (TPSA) is 25.8 Å². The van der Waals surface area contributed by atoms with Gasteiger partial charge in [-0.15, -0.1) is 6.58 Å². The second-order valence-electron chi connectivity index (χ2n) is 2.90. The van der Waals surface area contributed by atoms with Crippen molar-refractivity contribution in [3.63, 3.8) is 0 Å². The molecule has 15 heavy (non-hydrogen) atoms. The van der Waals surface area contributed by atoms with Gasteiger partial charge in [0.15, 0.2) is 0 Å². The molecule has 2 rings (SSSR count). The van der Waals surface area contributed by atoms with Gasteiger partial charge in [0.2, 0.25) is 0 Å². The molecule has 0 N–H and O–H groups in total. The third kappa shape index (κ3) is 3.73. The summed E-state index contributed by atoms with van der Waals surface area (Å²) in [6, 6.07) is 10.1. The zero-order valence-electron chi connectivity index (χ0n) is 8.80. The summed E-state index contributed by atoms with van der Waals surface area (Å²) < 4.78 is 0. The van der Waals surface area contributed by atoms with E-state index >= 15 is 0 Å². The summed E-state index contributed by atoms with van der Waals surface area (Å²) in [4.78, 5) is 7.90. The van der Waals surface area contributed by atoms with Crippen molar-refractivity contribution in [2.24, 2.45) is 0 Å². The van der Waals surface area contributed by atoms with Crippen molar-refractivity contribution in [3.05, 3.63) is 61.7 Å². The average Bonchev–Trinajstić information content (AvgIpc) is 2.32. The molecule has 1 heterocycles.